The van der Waals surface area contributed by atoms with Gasteiger partial charge in [-0.05, 0) is 56.8 Å². The maximum atomic E-state index is 12.2. The van der Waals surface area contributed by atoms with Crippen LogP contribution in [0.2, 0.25) is 0 Å². The molecule has 3 rings (SSSR count). The number of nitrogens with zero attached hydrogens (tertiary/aromatic N) is 1. The third-order valence-corrected chi connectivity index (χ3v) is 5.31. The summed E-state index contributed by atoms with van der Waals surface area (Å²) < 4.78 is 11.5. The first-order chi connectivity index (χ1) is 14.3. The van der Waals surface area contributed by atoms with Crippen molar-refractivity contribution in [2.45, 2.75) is 46.2 Å². The monoisotopic (exact) mass is 558 g/mol. The molecule has 0 radical (unpaired) electrons. The number of amides is 1. The molecule has 0 unspecified atom stereocenters. The molecule has 0 aliphatic carbocycles. The number of carbonyl (C=O) groups is 1. The molecular weight excluding hydrogens is 527 g/mol. The fraction of sp³-hybridized carbons (Fsp3) is 0.455. The summed E-state index contributed by atoms with van der Waals surface area (Å²) in [5.41, 5.74) is 1.74. The number of carbonyl (C=O) groups excluding carboxylic acids is 1. The van der Waals surface area contributed by atoms with Crippen molar-refractivity contribution in [1.82, 2.24) is 10.6 Å². The molecule has 9 heteroatoms. The SMILES string of the molecule is Cc1ccsc1CNC(=NCC(=O)NC(C)(C)C)Nc1ccc2c(c1)OCCCO2.I. The minimum Gasteiger partial charge on any atom is -0.490 e. The lowest BCUT2D eigenvalue weighted by molar-refractivity contribution is -0.121. The number of guanidine groups is 1. The number of hydrogen-bond donors (Lipinski definition) is 3. The second-order valence-electron chi connectivity index (χ2n) is 8.18. The Hall–Kier alpha value is -2.01. The average molecular weight is 558 g/mol. The van der Waals surface area contributed by atoms with Crippen molar-refractivity contribution in [3.05, 3.63) is 40.1 Å². The van der Waals surface area contributed by atoms with Crippen LogP contribution in [-0.4, -0.2) is 37.2 Å². The largest absolute Gasteiger partial charge is 0.490 e. The third-order valence-electron chi connectivity index (χ3n) is 4.29. The van der Waals surface area contributed by atoms with Gasteiger partial charge in [-0.25, -0.2) is 4.99 Å². The molecule has 0 atom stereocenters. The Kier molecular flexibility index (Phi) is 9.42. The summed E-state index contributed by atoms with van der Waals surface area (Å²) in [6.45, 7) is 9.85. The first-order valence-corrected chi connectivity index (χ1v) is 11.0. The number of anilines is 1. The summed E-state index contributed by atoms with van der Waals surface area (Å²) in [4.78, 5) is 17.9. The predicted molar refractivity (Wildman–Crippen MR) is 137 cm³/mol. The van der Waals surface area contributed by atoms with Crippen LogP contribution in [-0.2, 0) is 11.3 Å². The van der Waals surface area contributed by atoms with Gasteiger partial charge in [0.2, 0.25) is 5.91 Å². The van der Waals surface area contributed by atoms with E-state index in [1.807, 2.05) is 39.0 Å². The summed E-state index contributed by atoms with van der Waals surface area (Å²) in [6.07, 6.45) is 0.856. The average Bonchev–Trinajstić information content (AvgIpc) is 2.94. The van der Waals surface area contributed by atoms with Crippen LogP contribution < -0.4 is 25.4 Å². The number of halogens is 1. The minimum atomic E-state index is -0.296. The topological polar surface area (TPSA) is 84.0 Å². The number of nitrogens with one attached hydrogen (secondary N) is 3. The Balaban J connectivity index is 0.00000341. The van der Waals surface area contributed by atoms with Crippen LogP contribution in [0.15, 0.2) is 34.6 Å². The third kappa shape index (κ3) is 8.21. The van der Waals surface area contributed by atoms with Gasteiger partial charge >= 0.3 is 0 Å². The number of aryl methyl sites for hydroxylation is 1. The van der Waals surface area contributed by atoms with Gasteiger partial charge in [-0.2, -0.15) is 0 Å². The van der Waals surface area contributed by atoms with Crippen molar-refractivity contribution in [1.29, 1.82) is 0 Å². The Bertz CT molecular complexity index is 908. The summed E-state index contributed by atoms with van der Waals surface area (Å²) >= 11 is 1.69. The van der Waals surface area contributed by atoms with Crippen molar-refractivity contribution in [3.63, 3.8) is 0 Å². The van der Waals surface area contributed by atoms with E-state index in [1.165, 1.54) is 10.4 Å². The molecule has 1 aliphatic heterocycles. The standard InChI is InChI=1S/C22H30N4O3S.HI/c1-15-8-11-30-19(15)13-23-21(24-14-20(27)26-22(2,3)4)25-16-6-7-17-18(12-16)29-10-5-9-28-17;/h6-8,11-12H,5,9-10,13-14H2,1-4H3,(H,26,27)(H2,23,24,25);1H. The van der Waals surface area contributed by atoms with Gasteiger partial charge in [0.1, 0.15) is 6.54 Å². The van der Waals surface area contributed by atoms with Crippen LogP contribution in [0.4, 0.5) is 5.69 Å². The highest BCUT2D eigenvalue weighted by molar-refractivity contribution is 14.0. The van der Waals surface area contributed by atoms with Crippen LogP contribution in [0, 0.1) is 6.92 Å². The second kappa shape index (κ2) is 11.6. The fourth-order valence-electron chi connectivity index (χ4n) is 2.88. The molecule has 7 nitrogen and oxygen atoms in total. The van der Waals surface area contributed by atoms with Gasteiger partial charge in [-0.1, -0.05) is 0 Å². The minimum absolute atomic E-state index is 0. The number of hydrogen-bond acceptors (Lipinski definition) is 5. The Morgan fingerprint density at radius 2 is 1.90 bits per heavy atom. The van der Waals surface area contributed by atoms with Gasteiger partial charge in [-0.3, -0.25) is 4.79 Å². The first-order valence-electron chi connectivity index (χ1n) is 10.1. The van der Waals surface area contributed by atoms with E-state index in [0.29, 0.717) is 31.5 Å². The quantitative estimate of drug-likeness (QED) is 0.290. The van der Waals surface area contributed by atoms with E-state index >= 15 is 0 Å². The molecule has 0 bridgehead atoms. The van der Waals surface area contributed by atoms with Gasteiger partial charge in [0, 0.05) is 28.6 Å². The fourth-order valence-corrected chi connectivity index (χ4v) is 3.72. The van der Waals surface area contributed by atoms with Crippen molar-refractivity contribution < 1.29 is 14.3 Å². The van der Waals surface area contributed by atoms with Gasteiger partial charge in [0.05, 0.1) is 19.8 Å². The number of aliphatic imine (C=N–C) groups is 1. The normalized spacial score (nSPS) is 13.6. The molecule has 1 aromatic carbocycles. The van der Waals surface area contributed by atoms with Crippen LogP contribution in [0.1, 0.15) is 37.6 Å². The molecule has 0 saturated carbocycles. The highest BCUT2D eigenvalue weighted by atomic mass is 127. The van der Waals surface area contributed by atoms with Gasteiger partial charge < -0.3 is 25.4 Å². The van der Waals surface area contributed by atoms with Crippen LogP contribution >= 0.6 is 35.3 Å². The number of fused-ring (bicyclic) bond motifs is 1. The molecule has 0 spiro atoms. The van der Waals surface area contributed by atoms with Gasteiger partial charge in [0.25, 0.3) is 0 Å². The van der Waals surface area contributed by atoms with E-state index in [9.17, 15) is 4.79 Å². The van der Waals surface area contributed by atoms with E-state index in [2.05, 4.69) is 39.3 Å². The zero-order valence-electron chi connectivity index (χ0n) is 18.4. The lowest BCUT2D eigenvalue weighted by atomic mass is 10.1. The molecule has 1 aliphatic rings. The Morgan fingerprint density at radius 1 is 1.16 bits per heavy atom. The number of rotatable bonds is 5. The maximum Gasteiger partial charge on any atom is 0.242 e. The van der Waals surface area contributed by atoms with Gasteiger partial charge in [-0.15, -0.1) is 35.3 Å². The van der Waals surface area contributed by atoms with E-state index in [-0.39, 0.29) is 42.0 Å². The highest BCUT2D eigenvalue weighted by Crippen LogP contribution is 2.32. The number of thiophene rings is 1. The lowest BCUT2D eigenvalue weighted by Crippen LogP contribution is -2.42. The van der Waals surface area contributed by atoms with Crippen LogP contribution in [0.5, 0.6) is 11.5 Å². The Labute approximate surface area is 205 Å². The smallest absolute Gasteiger partial charge is 0.242 e. The van der Waals surface area contributed by atoms with E-state index in [0.717, 1.165) is 17.9 Å². The first kappa shape index (κ1) is 25.3. The van der Waals surface area contributed by atoms with Gasteiger partial charge in [0.15, 0.2) is 17.5 Å². The molecule has 170 valence electrons. The number of ether oxygens (including phenoxy) is 2. The van der Waals surface area contributed by atoms with Crippen LogP contribution in [0.3, 0.4) is 0 Å². The molecule has 0 saturated heterocycles. The molecule has 3 N–H and O–H groups in total. The second-order valence-corrected chi connectivity index (χ2v) is 9.18. The van der Waals surface area contributed by atoms with E-state index in [4.69, 9.17) is 9.47 Å². The molecule has 31 heavy (non-hydrogen) atoms. The molecular formula is C22H31IN4O3S. The van der Waals surface area contributed by atoms with Crippen molar-refractivity contribution in [2.75, 3.05) is 25.1 Å². The van der Waals surface area contributed by atoms with Crippen molar-refractivity contribution in [3.8, 4) is 11.5 Å². The summed E-state index contributed by atoms with van der Waals surface area (Å²) in [7, 11) is 0. The van der Waals surface area contributed by atoms with E-state index < -0.39 is 0 Å². The number of benzene rings is 1. The molecule has 2 aromatic rings. The summed E-state index contributed by atoms with van der Waals surface area (Å²) in [5.74, 6) is 1.84. The highest BCUT2D eigenvalue weighted by Gasteiger charge is 2.14. The molecule has 2 heterocycles. The maximum absolute atomic E-state index is 12.2. The zero-order chi connectivity index (χ0) is 21.6. The summed E-state index contributed by atoms with van der Waals surface area (Å²) in [6, 6.07) is 7.78. The molecule has 1 amide bonds. The Morgan fingerprint density at radius 3 is 2.58 bits per heavy atom. The lowest BCUT2D eigenvalue weighted by Gasteiger charge is -2.20. The van der Waals surface area contributed by atoms with Crippen molar-refractivity contribution in [2.24, 2.45) is 4.99 Å². The van der Waals surface area contributed by atoms with E-state index in [1.54, 1.807) is 11.3 Å². The van der Waals surface area contributed by atoms with Crippen molar-refractivity contribution >= 4 is 52.9 Å². The molecule has 1 aromatic heterocycles. The van der Waals surface area contributed by atoms with Crippen LogP contribution in [0.25, 0.3) is 0 Å². The molecule has 0 fully saturated rings. The predicted octanol–water partition coefficient (Wildman–Crippen LogP) is 4.31. The zero-order valence-corrected chi connectivity index (χ0v) is 21.6. The summed E-state index contributed by atoms with van der Waals surface area (Å²) in [5, 5.41) is 11.6.